The van der Waals surface area contributed by atoms with Gasteiger partial charge in [-0.3, -0.25) is 9.69 Å². The van der Waals surface area contributed by atoms with Crippen LogP contribution < -0.4 is 5.32 Å². The molecule has 0 aliphatic carbocycles. The summed E-state index contributed by atoms with van der Waals surface area (Å²) in [6, 6.07) is 22.7. The normalized spacial score (nSPS) is 14.0. The van der Waals surface area contributed by atoms with Crippen molar-refractivity contribution >= 4 is 43.8 Å². The van der Waals surface area contributed by atoms with E-state index in [1.807, 2.05) is 42.5 Å². The van der Waals surface area contributed by atoms with Gasteiger partial charge in [0.05, 0.1) is 15.8 Å². The first-order valence-corrected chi connectivity index (χ1v) is 13.7. The molecule has 0 spiro atoms. The van der Waals surface area contributed by atoms with Crippen molar-refractivity contribution in [3.63, 3.8) is 0 Å². The van der Waals surface area contributed by atoms with Crippen LogP contribution in [0, 0.1) is 0 Å². The predicted octanol–water partition coefficient (Wildman–Crippen LogP) is 7.85. The first-order valence-electron chi connectivity index (χ1n) is 12.1. The number of amides is 1. The minimum absolute atomic E-state index is 0.0350. The zero-order valence-electron chi connectivity index (χ0n) is 20.1. The first-order chi connectivity index (χ1) is 18.3. The number of nitrogens with zero attached hydrogens (tertiary/aromatic N) is 2. The summed E-state index contributed by atoms with van der Waals surface area (Å²) in [5.74, 6) is -0.571. The van der Waals surface area contributed by atoms with Crippen LogP contribution in [-0.4, -0.2) is 22.3 Å². The molecule has 5 aromatic rings. The molecule has 1 aliphatic rings. The molecule has 0 bridgehead atoms. The number of aromatic nitrogens is 1. The molecule has 1 aliphatic heterocycles. The number of carbonyl (C=O) groups is 1. The van der Waals surface area contributed by atoms with E-state index in [2.05, 4.69) is 22.3 Å². The first kappa shape index (κ1) is 24.8. The smallest absolute Gasteiger partial charge is 0.313 e. The van der Waals surface area contributed by atoms with E-state index in [-0.39, 0.29) is 5.56 Å². The molecule has 9 heteroatoms. The molecule has 0 fully saturated rings. The number of halogens is 3. The molecule has 1 N–H and O–H groups in total. The second-order valence-electron chi connectivity index (χ2n) is 9.17. The van der Waals surface area contributed by atoms with Gasteiger partial charge in [0.15, 0.2) is 0 Å². The number of carbonyl (C=O) groups excluding carboxylic acids is 1. The van der Waals surface area contributed by atoms with Crippen LogP contribution in [-0.2, 0) is 25.7 Å². The molecule has 2 aromatic heterocycles. The number of thiazole rings is 1. The SMILES string of the molecule is O=C(Nc1sc2c(c1-c1nc3ccccc3s1)CCN(Cc1ccccc1)C2)c1cccc(C(F)(F)F)c1. The molecule has 0 saturated heterocycles. The molecule has 192 valence electrons. The Bertz CT molecular complexity index is 1590. The largest absolute Gasteiger partial charge is 0.416 e. The number of anilines is 1. The summed E-state index contributed by atoms with van der Waals surface area (Å²) in [6.45, 7) is 2.41. The van der Waals surface area contributed by atoms with Gasteiger partial charge in [0.1, 0.15) is 10.0 Å². The highest BCUT2D eigenvalue weighted by atomic mass is 32.1. The number of rotatable bonds is 5. The second kappa shape index (κ2) is 9.98. The fraction of sp³-hybridized carbons (Fsp3) is 0.172. The van der Waals surface area contributed by atoms with E-state index in [1.165, 1.54) is 29.0 Å². The maximum Gasteiger partial charge on any atom is 0.416 e. The Morgan fingerprint density at radius 3 is 2.55 bits per heavy atom. The minimum Gasteiger partial charge on any atom is -0.313 e. The third-order valence-corrected chi connectivity index (χ3v) is 8.76. The van der Waals surface area contributed by atoms with E-state index < -0.39 is 17.6 Å². The lowest BCUT2D eigenvalue weighted by atomic mass is 10.0. The Hall–Kier alpha value is -3.53. The van der Waals surface area contributed by atoms with Crippen molar-refractivity contribution in [2.75, 3.05) is 11.9 Å². The average Bonchev–Trinajstić information content (AvgIpc) is 3.49. The van der Waals surface area contributed by atoms with Crippen molar-refractivity contribution < 1.29 is 18.0 Å². The standard InChI is InChI=1S/C29H22F3N3OS2/c30-29(31,32)20-10-6-9-19(15-20)26(36)34-28-25(27-33-22-11-4-5-12-23(22)37-27)21-13-14-35(17-24(21)38-28)16-18-7-2-1-3-8-18/h1-12,15H,13-14,16-17H2,(H,34,36). The second-order valence-corrected chi connectivity index (χ2v) is 11.3. The Morgan fingerprint density at radius 1 is 0.974 bits per heavy atom. The fourth-order valence-corrected chi connectivity index (χ4v) is 7.13. The molecule has 6 rings (SSSR count). The van der Waals surface area contributed by atoms with Crippen LogP contribution in [0.2, 0.25) is 0 Å². The van der Waals surface area contributed by atoms with Gasteiger partial charge in [0.25, 0.3) is 5.91 Å². The van der Waals surface area contributed by atoms with Gasteiger partial charge in [0, 0.05) is 35.6 Å². The Labute approximate surface area is 225 Å². The molecule has 4 nitrogen and oxygen atoms in total. The highest BCUT2D eigenvalue weighted by molar-refractivity contribution is 7.23. The summed E-state index contributed by atoms with van der Waals surface area (Å²) in [5.41, 5.74) is 3.26. The molecular weight excluding hydrogens is 527 g/mol. The van der Waals surface area contributed by atoms with Crippen LogP contribution in [0.1, 0.15) is 31.9 Å². The third-order valence-electron chi connectivity index (χ3n) is 6.57. The summed E-state index contributed by atoms with van der Waals surface area (Å²) >= 11 is 3.04. The molecule has 0 radical (unpaired) electrons. The molecule has 38 heavy (non-hydrogen) atoms. The maximum atomic E-state index is 13.3. The van der Waals surface area contributed by atoms with Crippen LogP contribution in [0.25, 0.3) is 20.8 Å². The van der Waals surface area contributed by atoms with Gasteiger partial charge in [-0.2, -0.15) is 13.2 Å². The molecule has 1 amide bonds. The fourth-order valence-electron chi connectivity index (χ4n) is 4.74. The van der Waals surface area contributed by atoms with E-state index >= 15 is 0 Å². The lowest BCUT2D eigenvalue weighted by molar-refractivity contribution is -0.137. The number of alkyl halides is 3. The van der Waals surface area contributed by atoms with Gasteiger partial charge < -0.3 is 5.32 Å². The molecule has 0 unspecified atom stereocenters. The van der Waals surface area contributed by atoms with Gasteiger partial charge in [-0.25, -0.2) is 4.98 Å². The monoisotopic (exact) mass is 549 g/mol. The van der Waals surface area contributed by atoms with Gasteiger partial charge in [0.2, 0.25) is 0 Å². The summed E-state index contributed by atoms with van der Waals surface area (Å²) in [4.78, 5) is 21.5. The van der Waals surface area contributed by atoms with Gasteiger partial charge in [-0.1, -0.05) is 48.5 Å². The maximum absolute atomic E-state index is 13.3. The quantitative estimate of drug-likeness (QED) is 0.243. The summed E-state index contributed by atoms with van der Waals surface area (Å²) in [5, 5.41) is 4.36. The number of para-hydroxylation sites is 1. The zero-order valence-corrected chi connectivity index (χ0v) is 21.7. The van der Waals surface area contributed by atoms with Crippen molar-refractivity contribution in [2.45, 2.75) is 25.7 Å². The van der Waals surface area contributed by atoms with Crippen molar-refractivity contribution in [3.8, 4) is 10.6 Å². The van der Waals surface area contributed by atoms with Crippen molar-refractivity contribution in [2.24, 2.45) is 0 Å². The lowest BCUT2D eigenvalue weighted by Gasteiger charge is -2.27. The van der Waals surface area contributed by atoms with E-state index in [0.29, 0.717) is 5.00 Å². The van der Waals surface area contributed by atoms with Crippen molar-refractivity contribution in [1.29, 1.82) is 0 Å². The van der Waals surface area contributed by atoms with Gasteiger partial charge >= 0.3 is 6.18 Å². The number of hydrogen-bond donors (Lipinski definition) is 1. The van der Waals surface area contributed by atoms with Crippen LogP contribution in [0.5, 0.6) is 0 Å². The Balaban J connectivity index is 1.36. The van der Waals surface area contributed by atoms with Gasteiger partial charge in [-0.15, -0.1) is 22.7 Å². The van der Waals surface area contributed by atoms with Crippen LogP contribution in [0.15, 0.2) is 78.9 Å². The van der Waals surface area contributed by atoms with Crippen molar-refractivity contribution in [1.82, 2.24) is 9.88 Å². The number of hydrogen-bond acceptors (Lipinski definition) is 5. The third kappa shape index (κ3) is 4.97. The molecule has 3 heterocycles. The van der Waals surface area contributed by atoms with Crippen LogP contribution >= 0.6 is 22.7 Å². The predicted molar refractivity (Wildman–Crippen MR) is 147 cm³/mol. The molecule has 3 aromatic carbocycles. The van der Waals surface area contributed by atoms with Crippen LogP contribution in [0.4, 0.5) is 18.2 Å². The highest BCUT2D eigenvalue weighted by Gasteiger charge is 2.32. The number of nitrogens with one attached hydrogen (secondary N) is 1. The van der Waals surface area contributed by atoms with E-state index in [1.54, 1.807) is 11.3 Å². The molecule has 0 saturated carbocycles. The number of fused-ring (bicyclic) bond motifs is 2. The van der Waals surface area contributed by atoms with Gasteiger partial charge in [-0.05, 0) is 47.9 Å². The van der Waals surface area contributed by atoms with E-state index in [9.17, 15) is 18.0 Å². The lowest BCUT2D eigenvalue weighted by Crippen LogP contribution is -2.29. The summed E-state index contributed by atoms with van der Waals surface area (Å²) in [7, 11) is 0. The van der Waals surface area contributed by atoms with E-state index in [0.717, 1.165) is 69.4 Å². The average molecular weight is 550 g/mol. The number of benzene rings is 3. The van der Waals surface area contributed by atoms with E-state index in [4.69, 9.17) is 4.98 Å². The number of thiophene rings is 1. The molecular formula is C29H22F3N3OS2. The summed E-state index contributed by atoms with van der Waals surface area (Å²) < 4.78 is 40.8. The highest BCUT2D eigenvalue weighted by Crippen LogP contribution is 2.46. The summed E-state index contributed by atoms with van der Waals surface area (Å²) in [6.07, 6.45) is -3.73. The topological polar surface area (TPSA) is 45.2 Å². The van der Waals surface area contributed by atoms with Crippen LogP contribution in [0.3, 0.4) is 0 Å². The molecule has 0 atom stereocenters. The Kier molecular flexibility index (Phi) is 6.51. The Morgan fingerprint density at radius 2 is 1.76 bits per heavy atom. The zero-order chi connectivity index (χ0) is 26.3. The minimum atomic E-state index is -4.52. The van der Waals surface area contributed by atoms with Crippen molar-refractivity contribution in [3.05, 3.63) is 106 Å².